The van der Waals surface area contributed by atoms with E-state index in [1.165, 1.54) is 12.1 Å². The molecule has 3 aromatic rings. The van der Waals surface area contributed by atoms with Crippen molar-refractivity contribution in [2.24, 2.45) is 0 Å². The average Bonchev–Trinajstić information content (AvgIpc) is 2.79. The molecule has 0 aliphatic heterocycles. The molecule has 0 fully saturated rings. The second kappa shape index (κ2) is 10.7. The van der Waals surface area contributed by atoms with Crippen LogP contribution in [0.5, 0.6) is 5.75 Å². The zero-order valence-electron chi connectivity index (χ0n) is 18.8. The Kier molecular flexibility index (Phi) is 8.00. The van der Waals surface area contributed by atoms with Gasteiger partial charge in [0, 0.05) is 5.02 Å². The van der Waals surface area contributed by atoms with Crippen LogP contribution in [-0.2, 0) is 14.8 Å². The van der Waals surface area contributed by atoms with Gasteiger partial charge in [0.25, 0.3) is 10.0 Å². The Morgan fingerprint density at radius 1 is 1.03 bits per heavy atom. The topological polar surface area (TPSA) is 75.7 Å². The number of hydrogen-bond donors (Lipinski definition) is 1. The van der Waals surface area contributed by atoms with E-state index in [1.54, 1.807) is 50.2 Å². The van der Waals surface area contributed by atoms with Crippen molar-refractivity contribution in [3.63, 3.8) is 0 Å². The normalized spacial score (nSPS) is 12.1. The molecule has 3 rings (SSSR count). The predicted octanol–water partition coefficient (Wildman–Crippen LogP) is 4.74. The largest absolute Gasteiger partial charge is 0.491 e. The van der Waals surface area contributed by atoms with E-state index in [-0.39, 0.29) is 17.5 Å². The smallest absolute Gasteiger partial charge is 0.264 e. The third kappa shape index (κ3) is 6.49. The van der Waals surface area contributed by atoms with Gasteiger partial charge in [0.15, 0.2) is 0 Å². The molecule has 0 aliphatic rings. The minimum absolute atomic E-state index is 0.0907. The van der Waals surface area contributed by atoms with Gasteiger partial charge in [-0.1, -0.05) is 53.6 Å². The van der Waals surface area contributed by atoms with Crippen LogP contribution in [0.3, 0.4) is 0 Å². The fourth-order valence-electron chi connectivity index (χ4n) is 3.22. The van der Waals surface area contributed by atoms with Gasteiger partial charge in [0.05, 0.1) is 16.6 Å². The zero-order chi connectivity index (χ0) is 24.0. The van der Waals surface area contributed by atoms with Gasteiger partial charge in [0.2, 0.25) is 5.91 Å². The van der Waals surface area contributed by atoms with Crippen LogP contribution in [0.2, 0.25) is 5.02 Å². The standard InChI is InChI=1S/C25H27ClN2O4S/c1-18-9-13-22(14-10-18)32-17-20(3)27-25(29)16-28(24-15-21(26)12-11-19(24)2)33(30,31)23-7-5-4-6-8-23/h4-15,20H,16-17H2,1-3H3,(H,27,29). The summed E-state index contributed by atoms with van der Waals surface area (Å²) < 4.78 is 33.7. The molecule has 0 aromatic heterocycles. The summed E-state index contributed by atoms with van der Waals surface area (Å²) in [6.45, 7) is 5.41. The van der Waals surface area contributed by atoms with Crippen LogP contribution in [0.1, 0.15) is 18.1 Å². The van der Waals surface area contributed by atoms with Gasteiger partial charge in [-0.25, -0.2) is 8.42 Å². The molecule has 0 bridgehead atoms. The molecule has 6 nitrogen and oxygen atoms in total. The quantitative estimate of drug-likeness (QED) is 0.474. The van der Waals surface area contributed by atoms with Gasteiger partial charge < -0.3 is 10.1 Å². The molecule has 3 aromatic carbocycles. The van der Waals surface area contributed by atoms with Crippen molar-refractivity contribution >= 4 is 33.2 Å². The number of ether oxygens (including phenoxy) is 1. The highest BCUT2D eigenvalue weighted by Crippen LogP contribution is 2.29. The number of benzene rings is 3. The number of aryl methyl sites for hydroxylation is 2. The van der Waals surface area contributed by atoms with E-state index < -0.39 is 22.5 Å². The summed E-state index contributed by atoms with van der Waals surface area (Å²) >= 11 is 6.15. The Morgan fingerprint density at radius 3 is 2.36 bits per heavy atom. The molecule has 0 radical (unpaired) electrons. The molecule has 0 heterocycles. The summed E-state index contributed by atoms with van der Waals surface area (Å²) in [7, 11) is -4.00. The number of rotatable bonds is 9. The third-order valence-electron chi connectivity index (χ3n) is 4.99. The van der Waals surface area contributed by atoms with E-state index in [1.807, 2.05) is 31.2 Å². The van der Waals surface area contributed by atoms with E-state index in [9.17, 15) is 13.2 Å². The van der Waals surface area contributed by atoms with E-state index in [0.717, 1.165) is 9.87 Å². The fourth-order valence-corrected chi connectivity index (χ4v) is 4.88. The van der Waals surface area contributed by atoms with Crippen LogP contribution >= 0.6 is 11.6 Å². The first-order chi connectivity index (χ1) is 15.7. The van der Waals surface area contributed by atoms with Crippen molar-refractivity contribution in [1.82, 2.24) is 5.32 Å². The molecule has 0 saturated heterocycles. The number of hydrogen-bond acceptors (Lipinski definition) is 4. The maximum Gasteiger partial charge on any atom is 0.264 e. The average molecular weight is 487 g/mol. The summed E-state index contributed by atoms with van der Waals surface area (Å²) in [6, 6.07) is 20.2. The summed E-state index contributed by atoms with van der Waals surface area (Å²) in [5.41, 5.74) is 2.16. The Balaban J connectivity index is 1.77. The van der Waals surface area contributed by atoms with Gasteiger partial charge >= 0.3 is 0 Å². The van der Waals surface area contributed by atoms with Crippen LogP contribution in [0, 0.1) is 13.8 Å². The predicted molar refractivity (Wildman–Crippen MR) is 131 cm³/mol. The summed E-state index contributed by atoms with van der Waals surface area (Å²) in [5, 5.41) is 3.20. The Bertz CT molecular complexity index is 1200. The van der Waals surface area contributed by atoms with E-state index in [2.05, 4.69) is 5.32 Å². The number of sulfonamides is 1. The molecule has 33 heavy (non-hydrogen) atoms. The lowest BCUT2D eigenvalue weighted by atomic mass is 10.2. The van der Waals surface area contributed by atoms with E-state index in [0.29, 0.717) is 22.0 Å². The van der Waals surface area contributed by atoms with Crippen LogP contribution in [0.15, 0.2) is 77.7 Å². The summed E-state index contributed by atoms with van der Waals surface area (Å²) in [5.74, 6) is 0.249. The zero-order valence-corrected chi connectivity index (χ0v) is 20.4. The van der Waals surface area contributed by atoms with Crippen molar-refractivity contribution < 1.29 is 17.9 Å². The maximum absolute atomic E-state index is 13.4. The second-order valence-corrected chi connectivity index (χ2v) is 10.1. The highest BCUT2D eigenvalue weighted by atomic mass is 35.5. The lowest BCUT2D eigenvalue weighted by Crippen LogP contribution is -2.45. The van der Waals surface area contributed by atoms with Crippen LogP contribution < -0.4 is 14.4 Å². The number of carbonyl (C=O) groups excluding carboxylic acids is 1. The number of nitrogens with zero attached hydrogens (tertiary/aromatic N) is 1. The summed E-state index contributed by atoms with van der Waals surface area (Å²) in [6.07, 6.45) is 0. The molecule has 1 amide bonds. The number of halogens is 1. The number of anilines is 1. The summed E-state index contributed by atoms with van der Waals surface area (Å²) in [4.78, 5) is 13.0. The highest BCUT2D eigenvalue weighted by molar-refractivity contribution is 7.92. The first-order valence-electron chi connectivity index (χ1n) is 10.5. The van der Waals surface area contributed by atoms with Crippen LogP contribution in [0.4, 0.5) is 5.69 Å². The van der Waals surface area contributed by atoms with E-state index in [4.69, 9.17) is 16.3 Å². The van der Waals surface area contributed by atoms with Gasteiger partial charge in [0.1, 0.15) is 18.9 Å². The molecule has 0 spiro atoms. The SMILES string of the molecule is Cc1ccc(OCC(C)NC(=O)CN(c2cc(Cl)ccc2C)S(=O)(=O)c2ccccc2)cc1. The van der Waals surface area contributed by atoms with Gasteiger partial charge in [-0.15, -0.1) is 0 Å². The van der Waals surface area contributed by atoms with Crippen molar-refractivity contribution in [3.8, 4) is 5.75 Å². The molecule has 0 saturated carbocycles. The van der Waals surface area contributed by atoms with Crippen molar-refractivity contribution in [1.29, 1.82) is 0 Å². The third-order valence-corrected chi connectivity index (χ3v) is 7.00. The monoisotopic (exact) mass is 486 g/mol. The lowest BCUT2D eigenvalue weighted by molar-refractivity contribution is -0.120. The molecule has 1 unspecified atom stereocenters. The second-order valence-electron chi connectivity index (χ2n) is 7.85. The number of nitrogens with one attached hydrogen (secondary N) is 1. The van der Waals surface area contributed by atoms with E-state index >= 15 is 0 Å². The minimum Gasteiger partial charge on any atom is -0.491 e. The highest BCUT2D eigenvalue weighted by Gasteiger charge is 2.28. The van der Waals surface area contributed by atoms with Gasteiger partial charge in [-0.05, 0) is 62.7 Å². The van der Waals surface area contributed by atoms with Gasteiger partial charge in [-0.2, -0.15) is 0 Å². The molecular formula is C25H27ClN2O4S. The van der Waals surface area contributed by atoms with Crippen LogP contribution in [-0.4, -0.2) is 33.5 Å². The number of amides is 1. The van der Waals surface area contributed by atoms with Gasteiger partial charge in [-0.3, -0.25) is 9.10 Å². The first kappa shape index (κ1) is 24.6. The van der Waals surface area contributed by atoms with Crippen molar-refractivity contribution in [3.05, 3.63) is 88.9 Å². The van der Waals surface area contributed by atoms with Crippen LogP contribution in [0.25, 0.3) is 0 Å². The Hall–Kier alpha value is -3.03. The van der Waals surface area contributed by atoms with Crippen molar-refractivity contribution in [2.45, 2.75) is 31.7 Å². The molecule has 174 valence electrons. The lowest BCUT2D eigenvalue weighted by Gasteiger charge is -2.26. The molecular weight excluding hydrogens is 460 g/mol. The molecule has 1 N–H and O–H groups in total. The molecule has 8 heteroatoms. The Morgan fingerprint density at radius 2 is 1.70 bits per heavy atom. The first-order valence-corrected chi connectivity index (χ1v) is 12.3. The fraction of sp³-hybridized carbons (Fsp3) is 0.240. The minimum atomic E-state index is -4.00. The molecule has 0 aliphatic carbocycles. The maximum atomic E-state index is 13.4. The molecule has 1 atom stereocenters. The Labute approximate surface area is 200 Å². The number of carbonyl (C=O) groups is 1. The van der Waals surface area contributed by atoms with Crippen molar-refractivity contribution in [2.75, 3.05) is 17.5 Å².